The molecular formula is C17H23N3O4S. The van der Waals surface area contributed by atoms with Crippen LogP contribution in [0.2, 0.25) is 0 Å². The molecule has 0 bridgehead atoms. The first kappa shape index (κ1) is 17.9. The third kappa shape index (κ3) is 3.55. The number of nitrogens with one attached hydrogen (secondary N) is 1. The zero-order chi connectivity index (χ0) is 18.2. The SMILES string of the molecule is Cc1ccc(S(=O)(=O)N2CCN(C(=O)[C@@H]3CCC(=O)N3)CC2)cc1C. The molecule has 1 aromatic rings. The van der Waals surface area contributed by atoms with Crippen molar-refractivity contribution in [3.05, 3.63) is 29.3 Å². The Kier molecular flexibility index (Phi) is 4.83. The first-order valence-corrected chi connectivity index (χ1v) is 9.88. The van der Waals surface area contributed by atoms with Crippen LogP contribution in [0, 0.1) is 13.8 Å². The summed E-state index contributed by atoms with van der Waals surface area (Å²) in [6.07, 6.45) is 0.885. The lowest BCUT2D eigenvalue weighted by Crippen LogP contribution is -2.54. The van der Waals surface area contributed by atoms with Crippen LogP contribution in [-0.2, 0) is 19.6 Å². The van der Waals surface area contributed by atoms with Gasteiger partial charge in [0.1, 0.15) is 6.04 Å². The highest BCUT2D eigenvalue weighted by Gasteiger charge is 2.35. The van der Waals surface area contributed by atoms with E-state index in [1.165, 1.54) is 4.31 Å². The quantitative estimate of drug-likeness (QED) is 0.841. The van der Waals surface area contributed by atoms with Gasteiger partial charge in [0.05, 0.1) is 4.90 Å². The molecule has 136 valence electrons. The number of nitrogens with zero attached hydrogens (tertiary/aromatic N) is 2. The summed E-state index contributed by atoms with van der Waals surface area (Å²) in [7, 11) is -3.55. The highest BCUT2D eigenvalue weighted by atomic mass is 32.2. The van der Waals surface area contributed by atoms with Crippen LogP contribution in [0.25, 0.3) is 0 Å². The predicted molar refractivity (Wildman–Crippen MR) is 92.4 cm³/mol. The van der Waals surface area contributed by atoms with E-state index in [1.54, 1.807) is 17.0 Å². The molecule has 2 fully saturated rings. The molecule has 2 aliphatic heterocycles. The zero-order valence-corrected chi connectivity index (χ0v) is 15.3. The van der Waals surface area contributed by atoms with Gasteiger partial charge in [-0.25, -0.2) is 8.42 Å². The molecule has 2 aliphatic rings. The lowest BCUT2D eigenvalue weighted by atomic mass is 10.1. The molecule has 8 heteroatoms. The Bertz CT molecular complexity index is 798. The normalized spacial score (nSPS) is 22.1. The molecule has 2 amide bonds. The van der Waals surface area contributed by atoms with Crippen LogP contribution in [0.15, 0.2) is 23.1 Å². The maximum atomic E-state index is 12.8. The van der Waals surface area contributed by atoms with Crippen LogP contribution < -0.4 is 5.32 Å². The first-order chi connectivity index (χ1) is 11.8. The number of carbonyl (C=O) groups excluding carboxylic acids is 2. The van der Waals surface area contributed by atoms with E-state index in [4.69, 9.17) is 0 Å². The number of hydrogen-bond donors (Lipinski definition) is 1. The van der Waals surface area contributed by atoms with E-state index < -0.39 is 16.1 Å². The molecule has 0 saturated carbocycles. The van der Waals surface area contributed by atoms with Crippen molar-refractivity contribution < 1.29 is 18.0 Å². The lowest BCUT2D eigenvalue weighted by Gasteiger charge is -2.35. The van der Waals surface area contributed by atoms with Crippen LogP contribution in [0.1, 0.15) is 24.0 Å². The smallest absolute Gasteiger partial charge is 0.245 e. The van der Waals surface area contributed by atoms with Gasteiger partial charge in [-0.1, -0.05) is 6.07 Å². The van der Waals surface area contributed by atoms with E-state index in [-0.39, 0.29) is 24.9 Å². The second-order valence-corrected chi connectivity index (χ2v) is 8.57. The average Bonchev–Trinajstić information content (AvgIpc) is 3.03. The topological polar surface area (TPSA) is 86.8 Å². The zero-order valence-electron chi connectivity index (χ0n) is 14.5. The van der Waals surface area contributed by atoms with E-state index in [9.17, 15) is 18.0 Å². The molecule has 0 unspecified atom stereocenters. The molecule has 1 N–H and O–H groups in total. The lowest BCUT2D eigenvalue weighted by molar-refractivity contribution is -0.135. The third-order valence-electron chi connectivity index (χ3n) is 4.96. The number of amides is 2. The van der Waals surface area contributed by atoms with Crippen LogP contribution in [0.4, 0.5) is 0 Å². The minimum Gasteiger partial charge on any atom is -0.344 e. The molecule has 25 heavy (non-hydrogen) atoms. The first-order valence-electron chi connectivity index (χ1n) is 8.44. The van der Waals surface area contributed by atoms with Crippen molar-refractivity contribution in [1.29, 1.82) is 0 Å². The second kappa shape index (κ2) is 6.76. The van der Waals surface area contributed by atoms with E-state index in [2.05, 4.69) is 5.32 Å². The molecule has 7 nitrogen and oxygen atoms in total. The fraction of sp³-hybridized carbons (Fsp3) is 0.529. The van der Waals surface area contributed by atoms with Crippen molar-refractivity contribution in [3.63, 3.8) is 0 Å². The van der Waals surface area contributed by atoms with Gasteiger partial charge in [-0.3, -0.25) is 9.59 Å². The average molecular weight is 365 g/mol. The molecule has 1 atom stereocenters. The van der Waals surface area contributed by atoms with Crippen molar-refractivity contribution >= 4 is 21.8 Å². The highest BCUT2D eigenvalue weighted by Crippen LogP contribution is 2.21. The molecule has 3 rings (SSSR count). The van der Waals surface area contributed by atoms with Gasteiger partial charge in [0.2, 0.25) is 21.8 Å². The summed E-state index contributed by atoms with van der Waals surface area (Å²) in [6.45, 7) is 5.05. The summed E-state index contributed by atoms with van der Waals surface area (Å²) in [6, 6.07) is 4.67. The summed E-state index contributed by atoms with van der Waals surface area (Å²) in [5, 5.41) is 2.67. The van der Waals surface area contributed by atoms with Crippen LogP contribution in [0.5, 0.6) is 0 Å². The summed E-state index contributed by atoms with van der Waals surface area (Å²) in [5.74, 6) is -0.219. The number of aryl methyl sites for hydroxylation is 2. The molecular weight excluding hydrogens is 342 g/mol. The monoisotopic (exact) mass is 365 g/mol. The Labute approximate surface area is 148 Å². The number of hydrogen-bond acceptors (Lipinski definition) is 4. The molecule has 2 saturated heterocycles. The van der Waals surface area contributed by atoms with E-state index in [0.717, 1.165) is 11.1 Å². The third-order valence-corrected chi connectivity index (χ3v) is 6.85. The summed E-state index contributed by atoms with van der Waals surface area (Å²) in [5.41, 5.74) is 1.99. The van der Waals surface area contributed by atoms with E-state index in [0.29, 0.717) is 30.8 Å². The number of carbonyl (C=O) groups is 2. The number of sulfonamides is 1. The number of rotatable bonds is 3. The molecule has 0 radical (unpaired) electrons. The Hall–Kier alpha value is -1.93. The molecule has 2 heterocycles. The maximum Gasteiger partial charge on any atom is 0.245 e. The van der Waals surface area contributed by atoms with Gasteiger partial charge in [-0.2, -0.15) is 4.31 Å². The summed E-state index contributed by atoms with van der Waals surface area (Å²) in [4.78, 5) is 25.6. The molecule has 0 spiro atoms. The molecule has 1 aromatic carbocycles. The minimum absolute atomic E-state index is 0.102. The fourth-order valence-electron chi connectivity index (χ4n) is 3.19. The molecule has 0 aromatic heterocycles. The van der Waals surface area contributed by atoms with Crippen molar-refractivity contribution in [3.8, 4) is 0 Å². The summed E-state index contributed by atoms with van der Waals surface area (Å²) >= 11 is 0. The van der Waals surface area contributed by atoms with Crippen LogP contribution >= 0.6 is 0 Å². The highest BCUT2D eigenvalue weighted by molar-refractivity contribution is 7.89. The Balaban J connectivity index is 1.66. The Morgan fingerprint density at radius 1 is 1.12 bits per heavy atom. The number of benzene rings is 1. The van der Waals surface area contributed by atoms with Crippen molar-refractivity contribution in [2.24, 2.45) is 0 Å². The van der Waals surface area contributed by atoms with Gasteiger partial charge >= 0.3 is 0 Å². The summed E-state index contributed by atoms with van der Waals surface area (Å²) < 4.78 is 27.0. The van der Waals surface area contributed by atoms with Gasteiger partial charge in [0.25, 0.3) is 0 Å². The minimum atomic E-state index is -3.55. The second-order valence-electron chi connectivity index (χ2n) is 6.63. The standard InChI is InChI=1S/C17H23N3O4S/c1-12-3-4-14(11-13(12)2)25(23,24)20-9-7-19(8-10-20)17(22)15-5-6-16(21)18-15/h3-4,11,15H,5-10H2,1-2H3,(H,18,21)/t15-/m0/s1. The predicted octanol–water partition coefficient (Wildman–Crippen LogP) is 0.415. The van der Waals surface area contributed by atoms with E-state index >= 15 is 0 Å². The van der Waals surface area contributed by atoms with Gasteiger partial charge in [-0.15, -0.1) is 0 Å². The Morgan fingerprint density at radius 2 is 1.80 bits per heavy atom. The Morgan fingerprint density at radius 3 is 2.36 bits per heavy atom. The number of piperazine rings is 1. The van der Waals surface area contributed by atoms with Crippen LogP contribution in [0.3, 0.4) is 0 Å². The van der Waals surface area contributed by atoms with Crippen molar-refractivity contribution in [2.75, 3.05) is 26.2 Å². The maximum absolute atomic E-state index is 12.8. The van der Waals surface area contributed by atoms with Gasteiger partial charge in [0, 0.05) is 32.6 Å². The van der Waals surface area contributed by atoms with Crippen molar-refractivity contribution in [1.82, 2.24) is 14.5 Å². The van der Waals surface area contributed by atoms with Gasteiger partial charge in [-0.05, 0) is 43.5 Å². The van der Waals surface area contributed by atoms with Crippen LogP contribution in [-0.4, -0.2) is 61.7 Å². The van der Waals surface area contributed by atoms with Gasteiger partial charge < -0.3 is 10.2 Å². The van der Waals surface area contributed by atoms with E-state index in [1.807, 2.05) is 19.9 Å². The largest absolute Gasteiger partial charge is 0.344 e. The fourth-order valence-corrected chi connectivity index (χ4v) is 4.70. The van der Waals surface area contributed by atoms with Gasteiger partial charge in [0.15, 0.2) is 0 Å². The molecule has 0 aliphatic carbocycles. The van der Waals surface area contributed by atoms with Crippen molar-refractivity contribution in [2.45, 2.75) is 37.6 Å².